The first-order valence-corrected chi connectivity index (χ1v) is 8.43. The van der Waals surface area contributed by atoms with Gasteiger partial charge in [-0.25, -0.2) is 14.2 Å². The van der Waals surface area contributed by atoms with Crippen molar-refractivity contribution in [2.45, 2.75) is 31.7 Å². The lowest BCUT2D eigenvalue weighted by molar-refractivity contribution is -0.116. The summed E-state index contributed by atoms with van der Waals surface area (Å²) in [6, 6.07) is 4.31. The Bertz CT molecular complexity index is 756. The van der Waals surface area contributed by atoms with Gasteiger partial charge in [-0.2, -0.15) is 0 Å². The van der Waals surface area contributed by atoms with Crippen molar-refractivity contribution in [1.29, 1.82) is 0 Å². The van der Waals surface area contributed by atoms with Gasteiger partial charge in [0, 0.05) is 10.4 Å². The van der Waals surface area contributed by atoms with E-state index in [2.05, 4.69) is 15.6 Å². The van der Waals surface area contributed by atoms with Crippen LogP contribution in [0.15, 0.2) is 24.3 Å². The maximum atomic E-state index is 13.9. The molecule has 3 rings (SSSR count). The number of primary amides is 1. The summed E-state index contributed by atoms with van der Waals surface area (Å²) in [5.74, 6) is -0.860. The summed E-state index contributed by atoms with van der Waals surface area (Å²) in [5.41, 5.74) is 6.40. The number of thiazole rings is 1. The van der Waals surface area contributed by atoms with Gasteiger partial charge in [-0.3, -0.25) is 4.79 Å². The number of benzene rings is 1. The maximum absolute atomic E-state index is 13.9. The Kier molecular flexibility index (Phi) is 4.75. The summed E-state index contributed by atoms with van der Waals surface area (Å²) in [4.78, 5) is 29.0. The van der Waals surface area contributed by atoms with Crippen molar-refractivity contribution in [2.24, 2.45) is 5.73 Å². The Labute approximate surface area is 142 Å². The quantitative estimate of drug-likeness (QED) is 0.774. The molecule has 1 aliphatic carbocycles. The zero-order chi connectivity index (χ0) is 17.1. The second kappa shape index (κ2) is 6.96. The summed E-state index contributed by atoms with van der Waals surface area (Å²) in [6.45, 7) is 0. The smallest absolute Gasteiger partial charge is 0.312 e. The fraction of sp³-hybridized carbons (Fsp3) is 0.312. The monoisotopic (exact) mass is 348 g/mol. The Hall–Kier alpha value is -2.48. The first-order chi connectivity index (χ1) is 11.5. The van der Waals surface area contributed by atoms with Crippen LogP contribution in [0.25, 0.3) is 0 Å². The molecule has 1 aromatic carbocycles. The number of nitrogens with one attached hydrogen (secondary N) is 2. The van der Waals surface area contributed by atoms with Crippen molar-refractivity contribution in [1.82, 2.24) is 10.3 Å². The predicted octanol–water partition coefficient (Wildman–Crippen LogP) is 2.51. The average molecular weight is 348 g/mol. The molecule has 0 saturated carbocycles. The standard InChI is InChI=1S/C16H17FN4O2S/c17-10-5-2-1-4-9(10)12(19-15(18)23)8-14(22)21-16-20-11-6-3-7-13(11)24-16/h1-2,4-5,12H,3,6-8H2,(H3,18,19,23)(H,20,21,22)/t12-/m1/s1. The lowest BCUT2D eigenvalue weighted by atomic mass is 10.0. The van der Waals surface area contributed by atoms with Gasteiger partial charge < -0.3 is 16.4 Å². The number of nitrogens with zero attached hydrogens (tertiary/aromatic N) is 1. The summed E-state index contributed by atoms with van der Waals surface area (Å²) >= 11 is 1.46. The van der Waals surface area contributed by atoms with Gasteiger partial charge >= 0.3 is 6.03 Å². The van der Waals surface area contributed by atoms with E-state index in [0.29, 0.717) is 5.13 Å². The van der Waals surface area contributed by atoms with E-state index in [1.54, 1.807) is 6.07 Å². The fourth-order valence-electron chi connectivity index (χ4n) is 2.77. The van der Waals surface area contributed by atoms with Gasteiger partial charge in [0.25, 0.3) is 0 Å². The molecule has 8 heteroatoms. The van der Waals surface area contributed by atoms with E-state index in [4.69, 9.17) is 5.73 Å². The van der Waals surface area contributed by atoms with E-state index < -0.39 is 17.9 Å². The first kappa shape index (κ1) is 16.4. The minimum Gasteiger partial charge on any atom is -0.352 e. The van der Waals surface area contributed by atoms with E-state index in [1.165, 1.54) is 34.4 Å². The van der Waals surface area contributed by atoms with Crippen LogP contribution in [-0.4, -0.2) is 16.9 Å². The number of carbonyl (C=O) groups is 2. The molecule has 0 unspecified atom stereocenters. The summed E-state index contributed by atoms with van der Waals surface area (Å²) in [5, 5.41) is 5.67. The number of fused-ring (bicyclic) bond motifs is 1. The molecule has 6 nitrogen and oxygen atoms in total. The van der Waals surface area contributed by atoms with Gasteiger partial charge in [0.05, 0.1) is 18.2 Å². The average Bonchev–Trinajstić information content (AvgIpc) is 3.07. The number of nitrogens with two attached hydrogens (primary N) is 1. The molecule has 0 aliphatic heterocycles. The minimum atomic E-state index is -0.837. The normalized spacial score (nSPS) is 14.0. The molecule has 1 atom stereocenters. The molecule has 4 N–H and O–H groups in total. The SMILES string of the molecule is NC(=O)N[C@H](CC(=O)Nc1nc2c(s1)CCC2)c1ccccc1F. The maximum Gasteiger partial charge on any atom is 0.312 e. The van der Waals surface area contributed by atoms with Gasteiger partial charge in [0.1, 0.15) is 5.82 Å². The zero-order valence-electron chi connectivity index (χ0n) is 12.8. The lowest BCUT2D eigenvalue weighted by Crippen LogP contribution is -2.35. The lowest BCUT2D eigenvalue weighted by Gasteiger charge is -2.18. The van der Waals surface area contributed by atoms with Gasteiger partial charge in [0.15, 0.2) is 5.13 Å². The number of amides is 3. The molecule has 24 heavy (non-hydrogen) atoms. The van der Waals surface area contributed by atoms with Crippen LogP contribution in [0.4, 0.5) is 14.3 Å². The molecule has 1 heterocycles. The van der Waals surface area contributed by atoms with E-state index in [1.807, 2.05) is 0 Å². The Morgan fingerprint density at radius 2 is 2.12 bits per heavy atom. The van der Waals surface area contributed by atoms with E-state index in [9.17, 15) is 14.0 Å². The van der Waals surface area contributed by atoms with E-state index in [0.717, 1.165) is 25.0 Å². The van der Waals surface area contributed by atoms with E-state index >= 15 is 0 Å². The number of aryl methyl sites for hydroxylation is 2. The highest BCUT2D eigenvalue weighted by molar-refractivity contribution is 7.15. The zero-order valence-corrected chi connectivity index (χ0v) is 13.7. The number of rotatable bonds is 5. The molecule has 1 aromatic heterocycles. The third-order valence-corrected chi connectivity index (χ3v) is 4.90. The van der Waals surface area contributed by atoms with Crippen LogP contribution in [-0.2, 0) is 17.6 Å². The summed E-state index contributed by atoms with van der Waals surface area (Å²) < 4.78 is 13.9. The summed E-state index contributed by atoms with van der Waals surface area (Å²) in [7, 11) is 0. The third kappa shape index (κ3) is 3.70. The van der Waals surface area contributed by atoms with Crippen LogP contribution in [0.1, 0.15) is 35.0 Å². The molecular weight excluding hydrogens is 331 g/mol. The molecule has 0 spiro atoms. The van der Waals surface area contributed by atoms with Gasteiger partial charge in [-0.05, 0) is 25.3 Å². The molecule has 0 bridgehead atoms. The van der Waals surface area contributed by atoms with Crippen molar-refractivity contribution < 1.29 is 14.0 Å². The molecule has 0 radical (unpaired) electrons. The highest BCUT2D eigenvalue weighted by Gasteiger charge is 2.22. The number of anilines is 1. The highest BCUT2D eigenvalue weighted by atomic mass is 32.1. The number of hydrogen-bond donors (Lipinski definition) is 3. The molecular formula is C16H17FN4O2S. The van der Waals surface area contributed by atoms with Crippen molar-refractivity contribution >= 4 is 28.4 Å². The third-order valence-electron chi connectivity index (χ3n) is 3.83. The Morgan fingerprint density at radius 3 is 2.83 bits per heavy atom. The van der Waals surface area contributed by atoms with Crippen molar-refractivity contribution in [3.63, 3.8) is 0 Å². The summed E-state index contributed by atoms with van der Waals surface area (Å²) in [6.07, 6.45) is 2.89. The minimum absolute atomic E-state index is 0.131. The highest BCUT2D eigenvalue weighted by Crippen LogP contribution is 2.30. The molecule has 0 fully saturated rings. The second-order valence-corrected chi connectivity index (χ2v) is 6.66. The number of halogens is 1. The number of aromatic nitrogens is 1. The molecule has 1 aliphatic rings. The van der Waals surface area contributed by atoms with E-state index in [-0.39, 0.29) is 17.9 Å². The molecule has 2 aromatic rings. The number of hydrogen-bond acceptors (Lipinski definition) is 4. The predicted molar refractivity (Wildman–Crippen MR) is 89.2 cm³/mol. The van der Waals surface area contributed by atoms with Crippen LogP contribution in [0.5, 0.6) is 0 Å². The fourth-order valence-corrected chi connectivity index (χ4v) is 3.83. The van der Waals surface area contributed by atoms with Gasteiger partial charge in [-0.1, -0.05) is 18.2 Å². The van der Waals surface area contributed by atoms with Crippen LogP contribution < -0.4 is 16.4 Å². The number of urea groups is 1. The van der Waals surface area contributed by atoms with Gasteiger partial charge in [0.2, 0.25) is 5.91 Å². The largest absolute Gasteiger partial charge is 0.352 e. The Morgan fingerprint density at radius 1 is 1.33 bits per heavy atom. The molecule has 126 valence electrons. The number of carbonyl (C=O) groups excluding carboxylic acids is 2. The molecule has 3 amide bonds. The topological polar surface area (TPSA) is 97.1 Å². The van der Waals surface area contributed by atoms with Crippen LogP contribution in [0.2, 0.25) is 0 Å². The molecule has 0 saturated heterocycles. The first-order valence-electron chi connectivity index (χ1n) is 7.61. The van der Waals surface area contributed by atoms with Crippen LogP contribution >= 0.6 is 11.3 Å². The van der Waals surface area contributed by atoms with Crippen LogP contribution in [0, 0.1) is 5.82 Å². The van der Waals surface area contributed by atoms with Crippen LogP contribution in [0.3, 0.4) is 0 Å². The van der Waals surface area contributed by atoms with Crippen molar-refractivity contribution in [3.05, 3.63) is 46.2 Å². The van der Waals surface area contributed by atoms with Gasteiger partial charge in [-0.15, -0.1) is 11.3 Å². The van der Waals surface area contributed by atoms with Crippen molar-refractivity contribution in [3.8, 4) is 0 Å². The Balaban J connectivity index is 1.70. The van der Waals surface area contributed by atoms with Crippen molar-refractivity contribution in [2.75, 3.05) is 5.32 Å². The second-order valence-electron chi connectivity index (χ2n) is 5.58.